The third kappa shape index (κ3) is 3.94. The van der Waals surface area contributed by atoms with Gasteiger partial charge in [-0.1, -0.05) is 13.8 Å². The maximum atomic E-state index is 5.78. The van der Waals surface area contributed by atoms with Crippen molar-refractivity contribution in [2.24, 2.45) is 11.3 Å². The van der Waals surface area contributed by atoms with E-state index in [2.05, 4.69) is 19.2 Å². The van der Waals surface area contributed by atoms with Gasteiger partial charge >= 0.3 is 0 Å². The monoisotopic (exact) mass is 241 g/mol. The van der Waals surface area contributed by atoms with E-state index in [4.69, 9.17) is 9.47 Å². The third-order valence-electron chi connectivity index (χ3n) is 3.92. The summed E-state index contributed by atoms with van der Waals surface area (Å²) in [6.07, 6.45) is 5.33. The number of rotatable bonds is 6. The Kier molecular flexibility index (Phi) is 4.83. The average molecular weight is 241 g/mol. The van der Waals surface area contributed by atoms with Crippen molar-refractivity contribution in [1.82, 2.24) is 5.32 Å². The van der Waals surface area contributed by atoms with E-state index in [1.54, 1.807) is 0 Å². The SMILES string of the molecule is CC(C)CNCC1(CC2CCCO2)CCOC1. The van der Waals surface area contributed by atoms with E-state index in [9.17, 15) is 0 Å². The standard InChI is InChI=1S/C14H27NO2/c1-12(2)9-15-10-14(5-7-16-11-14)8-13-4-3-6-17-13/h12-13,15H,3-11H2,1-2H3. The first-order chi connectivity index (χ1) is 8.20. The van der Waals surface area contributed by atoms with Crippen molar-refractivity contribution in [3.8, 4) is 0 Å². The van der Waals surface area contributed by atoms with Crippen LogP contribution in [-0.4, -0.2) is 39.0 Å². The molecule has 2 saturated heterocycles. The van der Waals surface area contributed by atoms with Crippen LogP contribution in [0.3, 0.4) is 0 Å². The summed E-state index contributed by atoms with van der Waals surface area (Å²) in [5.74, 6) is 0.720. The first-order valence-electron chi connectivity index (χ1n) is 7.10. The Balaban J connectivity index is 1.80. The molecule has 0 spiro atoms. The van der Waals surface area contributed by atoms with E-state index < -0.39 is 0 Å². The molecule has 0 amide bonds. The summed E-state index contributed by atoms with van der Waals surface area (Å²) >= 11 is 0. The lowest BCUT2D eigenvalue weighted by molar-refractivity contribution is 0.0518. The van der Waals surface area contributed by atoms with Crippen LogP contribution in [0.15, 0.2) is 0 Å². The van der Waals surface area contributed by atoms with Gasteiger partial charge in [-0.3, -0.25) is 0 Å². The van der Waals surface area contributed by atoms with E-state index in [0.29, 0.717) is 11.5 Å². The predicted molar refractivity (Wildman–Crippen MR) is 69.2 cm³/mol. The largest absolute Gasteiger partial charge is 0.381 e. The Morgan fingerprint density at radius 1 is 1.35 bits per heavy atom. The fraction of sp³-hybridized carbons (Fsp3) is 1.00. The van der Waals surface area contributed by atoms with E-state index in [-0.39, 0.29) is 0 Å². The van der Waals surface area contributed by atoms with Crippen molar-refractivity contribution < 1.29 is 9.47 Å². The van der Waals surface area contributed by atoms with Gasteiger partial charge in [0.05, 0.1) is 12.7 Å². The Labute approximate surface area is 105 Å². The van der Waals surface area contributed by atoms with Crippen LogP contribution >= 0.6 is 0 Å². The highest BCUT2D eigenvalue weighted by Gasteiger charge is 2.37. The van der Waals surface area contributed by atoms with Gasteiger partial charge in [0.25, 0.3) is 0 Å². The zero-order valence-electron chi connectivity index (χ0n) is 11.3. The lowest BCUT2D eigenvalue weighted by atomic mass is 9.81. The first-order valence-corrected chi connectivity index (χ1v) is 7.10. The number of nitrogens with one attached hydrogen (secondary N) is 1. The molecule has 0 saturated carbocycles. The van der Waals surface area contributed by atoms with Crippen LogP contribution in [0.5, 0.6) is 0 Å². The second kappa shape index (κ2) is 6.17. The zero-order chi connectivity index (χ0) is 12.1. The molecule has 0 aromatic rings. The molecule has 2 rings (SSSR count). The Morgan fingerprint density at radius 2 is 2.24 bits per heavy atom. The molecule has 1 N–H and O–H groups in total. The van der Waals surface area contributed by atoms with Crippen molar-refractivity contribution in [2.75, 3.05) is 32.9 Å². The van der Waals surface area contributed by atoms with E-state index in [0.717, 1.165) is 38.8 Å². The smallest absolute Gasteiger partial charge is 0.0582 e. The second-order valence-electron chi connectivity index (χ2n) is 6.17. The molecule has 2 heterocycles. The van der Waals surface area contributed by atoms with Crippen molar-refractivity contribution in [3.05, 3.63) is 0 Å². The van der Waals surface area contributed by atoms with Gasteiger partial charge in [0, 0.05) is 25.2 Å². The maximum Gasteiger partial charge on any atom is 0.0582 e. The third-order valence-corrected chi connectivity index (χ3v) is 3.92. The lowest BCUT2D eigenvalue weighted by Gasteiger charge is -2.30. The predicted octanol–water partition coefficient (Wildman–Crippen LogP) is 2.21. The molecule has 2 fully saturated rings. The van der Waals surface area contributed by atoms with Gasteiger partial charge in [0.15, 0.2) is 0 Å². The molecular weight excluding hydrogens is 214 g/mol. The summed E-state index contributed by atoms with van der Waals surface area (Å²) in [6, 6.07) is 0. The number of ether oxygens (including phenoxy) is 2. The van der Waals surface area contributed by atoms with Gasteiger partial charge < -0.3 is 14.8 Å². The van der Waals surface area contributed by atoms with Crippen LogP contribution in [0, 0.1) is 11.3 Å². The maximum absolute atomic E-state index is 5.78. The van der Waals surface area contributed by atoms with E-state index in [1.165, 1.54) is 25.7 Å². The van der Waals surface area contributed by atoms with Crippen molar-refractivity contribution in [2.45, 2.75) is 45.6 Å². The second-order valence-corrected chi connectivity index (χ2v) is 6.17. The van der Waals surface area contributed by atoms with Crippen LogP contribution in [0.2, 0.25) is 0 Å². The fourth-order valence-corrected chi connectivity index (χ4v) is 2.94. The molecule has 0 radical (unpaired) electrons. The molecule has 0 aromatic heterocycles. The number of hydrogen-bond donors (Lipinski definition) is 1. The highest BCUT2D eigenvalue weighted by atomic mass is 16.5. The first kappa shape index (κ1) is 13.3. The van der Waals surface area contributed by atoms with Crippen molar-refractivity contribution in [1.29, 1.82) is 0 Å². The Morgan fingerprint density at radius 3 is 2.82 bits per heavy atom. The van der Waals surface area contributed by atoms with Crippen molar-refractivity contribution >= 4 is 0 Å². The zero-order valence-corrected chi connectivity index (χ0v) is 11.3. The molecule has 2 unspecified atom stereocenters. The van der Waals surface area contributed by atoms with Gasteiger partial charge in [-0.25, -0.2) is 0 Å². The quantitative estimate of drug-likeness (QED) is 0.773. The summed E-state index contributed by atoms with van der Waals surface area (Å²) in [6.45, 7) is 9.50. The Hall–Kier alpha value is -0.120. The highest BCUT2D eigenvalue weighted by Crippen LogP contribution is 2.36. The van der Waals surface area contributed by atoms with Crippen molar-refractivity contribution in [3.63, 3.8) is 0 Å². The summed E-state index contributed by atoms with van der Waals surface area (Å²) < 4.78 is 11.4. The molecule has 100 valence electrons. The minimum Gasteiger partial charge on any atom is -0.381 e. The minimum absolute atomic E-state index is 0.337. The molecule has 0 bridgehead atoms. The molecule has 2 atom stereocenters. The van der Waals surface area contributed by atoms with Gasteiger partial charge in [-0.2, -0.15) is 0 Å². The topological polar surface area (TPSA) is 30.5 Å². The molecule has 3 nitrogen and oxygen atoms in total. The van der Waals surface area contributed by atoms with Gasteiger partial charge in [0.1, 0.15) is 0 Å². The number of hydrogen-bond acceptors (Lipinski definition) is 3. The molecule has 3 heteroatoms. The normalized spacial score (nSPS) is 33.7. The van der Waals surface area contributed by atoms with Crippen LogP contribution in [0.25, 0.3) is 0 Å². The van der Waals surface area contributed by atoms with Gasteiger partial charge in [-0.05, 0) is 38.1 Å². The molecule has 2 aliphatic heterocycles. The molecule has 0 aromatic carbocycles. The van der Waals surface area contributed by atoms with Gasteiger partial charge in [0.2, 0.25) is 0 Å². The van der Waals surface area contributed by atoms with Crippen LogP contribution < -0.4 is 5.32 Å². The summed E-state index contributed by atoms with van der Waals surface area (Å²) in [7, 11) is 0. The minimum atomic E-state index is 0.337. The highest BCUT2D eigenvalue weighted by molar-refractivity contribution is 4.89. The molecule has 2 aliphatic rings. The fourth-order valence-electron chi connectivity index (χ4n) is 2.94. The van der Waals surface area contributed by atoms with E-state index in [1.807, 2.05) is 0 Å². The lowest BCUT2D eigenvalue weighted by Crippen LogP contribution is -2.39. The summed E-state index contributed by atoms with van der Waals surface area (Å²) in [5, 5.41) is 3.61. The van der Waals surface area contributed by atoms with Crippen LogP contribution in [0.4, 0.5) is 0 Å². The summed E-state index contributed by atoms with van der Waals surface area (Å²) in [4.78, 5) is 0. The Bertz CT molecular complexity index is 218. The van der Waals surface area contributed by atoms with Crippen LogP contribution in [-0.2, 0) is 9.47 Å². The van der Waals surface area contributed by atoms with E-state index >= 15 is 0 Å². The average Bonchev–Trinajstić information content (AvgIpc) is 2.90. The van der Waals surface area contributed by atoms with Crippen LogP contribution in [0.1, 0.15) is 39.5 Å². The molecule has 17 heavy (non-hydrogen) atoms. The van der Waals surface area contributed by atoms with Gasteiger partial charge in [-0.15, -0.1) is 0 Å². The molecular formula is C14H27NO2. The molecule has 0 aliphatic carbocycles. The summed E-state index contributed by atoms with van der Waals surface area (Å²) in [5.41, 5.74) is 0.337.